The maximum atomic E-state index is 13.1. The SMILES string of the molecule is Cn1cc(CCC(=O)N2CCCC2c2ncc3c(n2)CCNC3)c2ccccc21. The summed E-state index contributed by atoms with van der Waals surface area (Å²) in [5.74, 6) is 1.03. The lowest BCUT2D eigenvalue weighted by molar-refractivity contribution is -0.132. The third kappa shape index (κ3) is 3.42. The molecule has 2 aliphatic heterocycles. The summed E-state index contributed by atoms with van der Waals surface area (Å²) in [5, 5.41) is 4.60. The zero-order chi connectivity index (χ0) is 19.8. The Hall–Kier alpha value is -2.73. The van der Waals surface area contributed by atoms with Crippen LogP contribution in [0.2, 0.25) is 0 Å². The number of carbonyl (C=O) groups excluding carboxylic acids is 1. The Bertz CT molecular complexity index is 1060. The fourth-order valence-electron chi connectivity index (χ4n) is 4.76. The van der Waals surface area contributed by atoms with E-state index in [1.807, 2.05) is 11.1 Å². The van der Waals surface area contributed by atoms with Crippen molar-refractivity contribution in [3.8, 4) is 0 Å². The van der Waals surface area contributed by atoms with E-state index in [4.69, 9.17) is 4.98 Å². The molecule has 0 saturated carbocycles. The molecule has 1 N–H and O–H groups in total. The van der Waals surface area contributed by atoms with Crippen molar-refractivity contribution < 1.29 is 4.79 Å². The number of carbonyl (C=O) groups is 1. The van der Waals surface area contributed by atoms with E-state index in [9.17, 15) is 4.79 Å². The molecule has 1 fully saturated rings. The van der Waals surface area contributed by atoms with E-state index in [0.717, 1.165) is 56.8 Å². The van der Waals surface area contributed by atoms with Crippen molar-refractivity contribution in [2.45, 2.75) is 44.7 Å². The van der Waals surface area contributed by atoms with Crippen LogP contribution in [0.15, 0.2) is 36.7 Å². The lowest BCUT2D eigenvalue weighted by Crippen LogP contribution is -2.32. The molecule has 6 nitrogen and oxygen atoms in total. The molecular formula is C23H27N5O. The van der Waals surface area contributed by atoms with Crippen LogP contribution in [0, 0.1) is 0 Å². The predicted molar refractivity (Wildman–Crippen MR) is 112 cm³/mol. The van der Waals surface area contributed by atoms with Crippen LogP contribution in [-0.4, -0.2) is 38.4 Å². The Morgan fingerprint density at radius 1 is 1.31 bits per heavy atom. The van der Waals surface area contributed by atoms with Gasteiger partial charge in [0.2, 0.25) is 5.91 Å². The molecule has 2 aromatic heterocycles. The highest BCUT2D eigenvalue weighted by atomic mass is 16.2. The topological polar surface area (TPSA) is 63.1 Å². The number of aryl methyl sites for hydroxylation is 2. The maximum absolute atomic E-state index is 13.1. The van der Waals surface area contributed by atoms with Crippen molar-refractivity contribution in [2.24, 2.45) is 7.05 Å². The van der Waals surface area contributed by atoms with Crippen LogP contribution in [0.5, 0.6) is 0 Å². The van der Waals surface area contributed by atoms with Crippen LogP contribution in [0.1, 0.15) is 47.9 Å². The molecule has 150 valence electrons. The quantitative estimate of drug-likeness (QED) is 0.745. The van der Waals surface area contributed by atoms with Crippen molar-refractivity contribution >= 4 is 16.8 Å². The molecule has 1 atom stereocenters. The van der Waals surface area contributed by atoms with Gasteiger partial charge in [0.1, 0.15) is 0 Å². The molecule has 4 heterocycles. The summed E-state index contributed by atoms with van der Waals surface area (Å²) in [7, 11) is 2.06. The fraction of sp³-hybridized carbons (Fsp3) is 0.435. The Morgan fingerprint density at radius 2 is 2.21 bits per heavy atom. The Balaban J connectivity index is 1.31. The van der Waals surface area contributed by atoms with Gasteiger partial charge in [-0.2, -0.15) is 0 Å². The van der Waals surface area contributed by atoms with Crippen LogP contribution in [-0.2, 0) is 31.2 Å². The number of benzene rings is 1. The average Bonchev–Trinajstić information content (AvgIpc) is 3.37. The minimum absolute atomic E-state index is 0.0233. The molecule has 1 unspecified atom stereocenters. The van der Waals surface area contributed by atoms with E-state index in [1.165, 1.54) is 22.0 Å². The number of para-hydroxylation sites is 1. The largest absolute Gasteiger partial charge is 0.350 e. The normalized spacial score (nSPS) is 18.9. The van der Waals surface area contributed by atoms with Crippen LogP contribution < -0.4 is 5.32 Å². The van der Waals surface area contributed by atoms with Gasteiger partial charge in [-0.15, -0.1) is 0 Å². The first-order valence-electron chi connectivity index (χ1n) is 10.6. The minimum atomic E-state index is 0.0233. The molecule has 0 spiro atoms. The van der Waals surface area contributed by atoms with Crippen LogP contribution >= 0.6 is 0 Å². The summed E-state index contributed by atoms with van der Waals surface area (Å²) in [6.07, 6.45) is 8.30. The Morgan fingerprint density at radius 3 is 3.14 bits per heavy atom. The summed E-state index contributed by atoms with van der Waals surface area (Å²) < 4.78 is 2.14. The summed E-state index contributed by atoms with van der Waals surface area (Å²) in [4.78, 5) is 24.6. The standard InChI is InChI=1S/C23H27N5O/c1-27-15-16(18-5-2-3-6-20(18)27)8-9-22(29)28-12-4-7-21(28)23-25-14-17-13-24-11-10-19(17)26-23/h2-3,5-6,14-15,21,24H,4,7-13H2,1H3. The molecule has 2 aliphatic rings. The van der Waals surface area contributed by atoms with Gasteiger partial charge in [-0.1, -0.05) is 18.2 Å². The molecule has 6 heteroatoms. The van der Waals surface area contributed by atoms with E-state index >= 15 is 0 Å². The number of likely N-dealkylation sites (tertiary alicyclic amines) is 1. The zero-order valence-corrected chi connectivity index (χ0v) is 16.9. The molecule has 1 saturated heterocycles. The average molecular weight is 390 g/mol. The predicted octanol–water partition coefficient (Wildman–Crippen LogP) is 2.91. The molecule has 29 heavy (non-hydrogen) atoms. The first-order valence-corrected chi connectivity index (χ1v) is 10.6. The monoisotopic (exact) mass is 389 g/mol. The number of nitrogens with one attached hydrogen (secondary N) is 1. The number of fused-ring (bicyclic) bond motifs is 2. The summed E-state index contributed by atoms with van der Waals surface area (Å²) in [5.41, 5.74) is 4.78. The van der Waals surface area contributed by atoms with E-state index in [0.29, 0.717) is 6.42 Å². The van der Waals surface area contributed by atoms with E-state index < -0.39 is 0 Å². The summed E-state index contributed by atoms with van der Waals surface area (Å²) in [6, 6.07) is 8.41. The zero-order valence-electron chi connectivity index (χ0n) is 16.9. The highest BCUT2D eigenvalue weighted by Gasteiger charge is 2.32. The van der Waals surface area contributed by atoms with Gasteiger partial charge in [-0.05, 0) is 30.9 Å². The third-order valence-electron chi connectivity index (χ3n) is 6.29. The molecule has 0 radical (unpaired) electrons. The van der Waals surface area contributed by atoms with Crippen molar-refractivity contribution in [3.63, 3.8) is 0 Å². The fourth-order valence-corrected chi connectivity index (χ4v) is 4.76. The highest BCUT2D eigenvalue weighted by Crippen LogP contribution is 2.31. The van der Waals surface area contributed by atoms with Gasteiger partial charge in [0.15, 0.2) is 5.82 Å². The number of hydrogen-bond donors (Lipinski definition) is 1. The first-order chi connectivity index (χ1) is 14.2. The van der Waals surface area contributed by atoms with Gasteiger partial charge in [0, 0.05) is 74.1 Å². The number of rotatable bonds is 4. The number of nitrogens with zero attached hydrogens (tertiary/aromatic N) is 4. The van der Waals surface area contributed by atoms with Gasteiger partial charge in [-0.3, -0.25) is 4.79 Å². The van der Waals surface area contributed by atoms with Gasteiger partial charge < -0.3 is 14.8 Å². The van der Waals surface area contributed by atoms with Crippen LogP contribution in [0.4, 0.5) is 0 Å². The van der Waals surface area contributed by atoms with E-state index in [2.05, 4.69) is 52.4 Å². The second-order valence-electron chi connectivity index (χ2n) is 8.15. The molecule has 0 aliphatic carbocycles. The van der Waals surface area contributed by atoms with Crippen molar-refractivity contribution in [1.82, 2.24) is 24.8 Å². The molecule has 1 amide bonds. The van der Waals surface area contributed by atoms with Crippen LogP contribution in [0.25, 0.3) is 10.9 Å². The molecule has 0 bridgehead atoms. The van der Waals surface area contributed by atoms with Crippen LogP contribution in [0.3, 0.4) is 0 Å². The van der Waals surface area contributed by atoms with E-state index in [1.54, 1.807) is 0 Å². The number of amides is 1. The maximum Gasteiger partial charge on any atom is 0.223 e. The smallest absolute Gasteiger partial charge is 0.223 e. The molecule has 1 aromatic carbocycles. The van der Waals surface area contributed by atoms with Crippen molar-refractivity contribution in [1.29, 1.82) is 0 Å². The lowest BCUT2D eigenvalue weighted by Gasteiger charge is -2.25. The highest BCUT2D eigenvalue weighted by molar-refractivity contribution is 5.85. The van der Waals surface area contributed by atoms with Gasteiger partial charge in [-0.25, -0.2) is 9.97 Å². The van der Waals surface area contributed by atoms with Crippen molar-refractivity contribution in [3.05, 3.63) is 59.3 Å². The summed E-state index contributed by atoms with van der Waals surface area (Å²) in [6.45, 7) is 2.61. The van der Waals surface area contributed by atoms with Gasteiger partial charge >= 0.3 is 0 Å². The minimum Gasteiger partial charge on any atom is -0.350 e. The second kappa shape index (κ2) is 7.59. The van der Waals surface area contributed by atoms with Crippen molar-refractivity contribution in [2.75, 3.05) is 13.1 Å². The van der Waals surface area contributed by atoms with Gasteiger partial charge in [0.25, 0.3) is 0 Å². The van der Waals surface area contributed by atoms with Gasteiger partial charge in [0.05, 0.1) is 6.04 Å². The molecular weight excluding hydrogens is 362 g/mol. The number of hydrogen-bond acceptors (Lipinski definition) is 4. The number of aromatic nitrogens is 3. The Labute approximate surface area is 171 Å². The van der Waals surface area contributed by atoms with E-state index in [-0.39, 0.29) is 11.9 Å². The summed E-state index contributed by atoms with van der Waals surface area (Å²) >= 11 is 0. The Kier molecular flexibility index (Phi) is 4.79. The molecule has 3 aromatic rings. The molecule has 5 rings (SSSR count). The lowest BCUT2D eigenvalue weighted by atomic mass is 10.1. The first kappa shape index (κ1) is 18.3. The second-order valence-corrected chi connectivity index (χ2v) is 8.15. The third-order valence-corrected chi connectivity index (χ3v) is 6.29.